The van der Waals surface area contributed by atoms with E-state index in [1.54, 1.807) is 39.3 Å². The fraction of sp³-hybridized carbons (Fsp3) is 0.526. The summed E-state index contributed by atoms with van der Waals surface area (Å²) in [5.74, 6) is 1.43. The van der Waals surface area contributed by atoms with Crippen LogP contribution in [0.25, 0.3) is 11.3 Å². The van der Waals surface area contributed by atoms with Crippen LogP contribution in [0.1, 0.15) is 17.9 Å². The van der Waals surface area contributed by atoms with Crippen molar-refractivity contribution in [1.82, 2.24) is 14.6 Å². The molecule has 1 aliphatic heterocycles. The van der Waals surface area contributed by atoms with E-state index in [2.05, 4.69) is 14.6 Å². The van der Waals surface area contributed by atoms with E-state index >= 15 is 0 Å². The first-order valence-corrected chi connectivity index (χ1v) is 10.6. The van der Waals surface area contributed by atoms with Gasteiger partial charge in [0, 0.05) is 39.2 Å². The van der Waals surface area contributed by atoms with Crippen molar-refractivity contribution in [2.75, 3.05) is 39.9 Å². The number of aromatic nitrogens is 1. The molecule has 7 nitrogen and oxygen atoms in total. The molecule has 0 radical (unpaired) electrons. The second-order valence-electron chi connectivity index (χ2n) is 7.02. The van der Waals surface area contributed by atoms with Crippen LogP contribution in [0, 0.1) is 19.8 Å². The molecule has 0 saturated carbocycles. The molecule has 0 unspecified atom stereocenters. The minimum absolute atomic E-state index is 0.281. The molecule has 1 aromatic carbocycles. The van der Waals surface area contributed by atoms with E-state index in [0.29, 0.717) is 41.8 Å². The normalized spacial score (nSPS) is 18.3. The largest absolute Gasteiger partial charge is 0.441 e. The Hall–Kier alpha value is -1.74. The van der Waals surface area contributed by atoms with Gasteiger partial charge in [-0.2, -0.15) is 0 Å². The molecule has 8 heteroatoms. The zero-order valence-corrected chi connectivity index (χ0v) is 16.9. The third kappa shape index (κ3) is 4.95. The number of likely N-dealkylation sites (tertiary alicyclic amines) is 1. The van der Waals surface area contributed by atoms with Gasteiger partial charge in [-0.05, 0) is 37.4 Å². The fourth-order valence-electron chi connectivity index (χ4n) is 3.35. The Morgan fingerprint density at radius 1 is 1.37 bits per heavy atom. The first kappa shape index (κ1) is 20.0. The van der Waals surface area contributed by atoms with Gasteiger partial charge in [0.05, 0.1) is 17.7 Å². The highest BCUT2D eigenvalue weighted by atomic mass is 32.2. The molecule has 1 saturated heterocycles. The number of methoxy groups -OCH3 is 1. The van der Waals surface area contributed by atoms with Crippen molar-refractivity contribution in [1.29, 1.82) is 0 Å². The van der Waals surface area contributed by atoms with E-state index in [1.807, 2.05) is 6.07 Å². The van der Waals surface area contributed by atoms with E-state index in [9.17, 15) is 8.42 Å². The highest BCUT2D eigenvalue weighted by Crippen LogP contribution is 2.26. The highest BCUT2D eigenvalue weighted by molar-refractivity contribution is 7.89. The molecule has 27 heavy (non-hydrogen) atoms. The molecule has 0 aliphatic carbocycles. The molecule has 148 valence electrons. The van der Waals surface area contributed by atoms with Crippen molar-refractivity contribution in [2.24, 2.45) is 5.92 Å². The number of hydrogen-bond donors (Lipinski definition) is 1. The smallest absolute Gasteiger partial charge is 0.240 e. The van der Waals surface area contributed by atoms with Crippen molar-refractivity contribution in [3.63, 3.8) is 0 Å². The van der Waals surface area contributed by atoms with Gasteiger partial charge < -0.3 is 14.1 Å². The summed E-state index contributed by atoms with van der Waals surface area (Å²) in [5.41, 5.74) is 1.41. The van der Waals surface area contributed by atoms with Crippen LogP contribution in [0.5, 0.6) is 0 Å². The number of ether oxygens (including phenoxy) is 1. The van der Waals surface area contributed by atoms with Gasteiger partial charge in [-0.1, -0.05) is 12.1 Å². The van der Waals surface area contributed by atoms with Gasteiger partial charge in [0.15, 0.2) is 11.7 Å². The van der Waals surface area contributed by atoms with E-state index in [4.69, 9.17) is 9.15 Å². The summed E-state index contributed by atoms with van der Waals surface area (Å²) >= 11 is 0. The van der Waals surface area contributed by atoms with Crippen molar-refractivity contribution >= 4 is 10.0 Å². The third-order valence-corrected chi connectivity index (χ3v) is 6.49. The number of rotatable bonds is 8. The monoisotopic (exact) mass is 393 g/mol. The molecule has 1 aliphatic rings. The lowest BCUT2D eigenvalue weighted by atomic mass is 10.1. The number of benzene rings is 1. The molecular weight excluding hydrogens is 366 g/mol. The third-order valence-electron chi connectivity index (χ3n) is 4.93. The standard InChI is InChI=1S/C19H27N3O4S/c1-14-4-5-17(18-12-20-15(2)26-18)10-19(14)27(23,24)21-11-16-6-7-22(13-16)8-9-25-3/h4-5,10,12,16,21H,6-9,11,13H2,1-3H3/t16-/m1/s1. The van der Waals surface area contributed by atoms with Crippen LogP contribution in [0.3, 0.4) is 0 Å². The average molecular weight is 394 g/mol. The number of nitrogens with zero attached hydrogens (tertiary/aromatic N) is 2. The van der Waals surface area contributed by atoms with Gasteiger partial charge in [-0.15, -0.1) is 0 Å². The number of oxazole rings is 1. The summed E-state index contributed by atoms with van der Waals surface area (Å²) < 4.78 is 39.1. The zero-order valence-electron chi connectivity index (χ0n) is 16.1. The van der Waals surface area contributed by atoms with Gasteiger partial charge in [-0.25, -0.2) is 18.1 Å². The maximum absolute atomic E-state index is 12.9. The molecule has 2 heterocycles. The Kier molecular flexibility index (Phi) is 6.31. The molecule has 0 spiro atoms. The van der Waals surface area contributed by atoms with E-state index in [0.717, 1.165) is 26.1 Å². The van der Waals surface area contributed by atoms with Crippen molar-refractivity contribution in [3.8, 4) is 11.3 Å². The van der Waals surface area contributed by atoms with Crippen LogP contribution < -0.4 is 4.72 Å². The summed E-state index contributed by atoms with van der Waals surface area (Å²) in [5, 5.41) is 0. The quantitative estimate of drug-likeness (QED) is 0.740. The Morgan fingerprint density at radius 3 is 2.89 bits per heavy atom. The Labute approximate surface area is 160 Å². The topological polar surface area (TPSA) is 84.7 Å². The lowest BCUT2D eigenvalue weighted by Gasteiger charge is -2.16. The lowest BCUT2D eigenvalue weighted by molar-refractivity contribution is 0.159. The number of hydrogen-bond acceptors (Lipinski definition) is 6. The van der Waals surface area contributed by atoms with Crippen molar-refractivity contribution in [3.05, 3.63) is 35.9 Å². The minimum Gasteiger partial charge on any atom is -0.441 e. The summed E-state index contributed by atoms with van der Waals surface area (Å²) in [6.07, 6.45) is 2.60. The average Bonchev–Trinajstić information content (AvgIpc) is 3.27. The summed E-state index contributed by atoms with van der Waals surface area (Å²) in [6, 6.07) is 5.29. The predicted octanol–water partition coefficient (Wildman–Crippen LogP) is 2.21. The van der Waals surface area contributed by atoms with Crippen LogP contribution in [-0.4, -0.2) is 58.2 Å². The van der Waals surface area contributed by atoms with Crippen molar-refractivity contribution in [2.45, 2.75) is 25.2 Å². The number of nitrogens with one attached hydrogen (secondary N) is 1. The molecule has 0 amide bonds. The number of aryl methyl sites for hydroxylation is 2. The molecule has 2 aromatic rings. The Balaban J connectivity index is 1.68. The predicted molar refractivity (Wildman–Crippen MR) is 103 cm³/mol. The van der Waals surface area contributed by atoms with Crippen LogP contribution in [0.2, 0.25) is 0 Å². The molecule has 1 fully saturated rings. The van der Waals surface area contributed by atoms with Crippen molar-refractivity contribution < 1.29 is 17.6 Å². The van der Waals surface area contributed by atoms with Crippen LogP contribution >= 0.6 is 0 Å². The summed E-state index contributed by atoms with van der Waals surface area (Å²) in [6.45, 7) is 7.46. The zero-order chi connectivity index (χ0) is 19.4. The SMILES string of the molecule is COCCN1CC[C@H](CNS(=O)(=O)c2cc(-c3cnc(C)o3)ccc2C)C1. The minimum atomic E-state index is -3.59. The Bertz CT molecular complexity index is 879. The molecular formula is C19H27N3O4S. The highest BCUT2D eigenvalue weighted by Gasteiger charge is 2.25. The van der Waals surface area contributed by atoms with E-state index < -0.39 is 10.0 Å². The Morgan fingerprint density at radius 2 is 2.19 bits per heavy atom. The van der Waals surface area contributed by atoms with Gasteiger partial charge >= 0.3 is 0 Å². The second kappa shape index (κ2) is 8.52. The molecule has 1 aromatic heterocycles. The van der Waals surface area contributed by atoms with Gasteiger partial charge in [0.25, 0.3) is 0 Å². The summed E-state index contributed by atoms with van der Waals surface area (Å²) in [7, 11) is -1.90. The first-order chi connectivity index (χ1) is 12.9. The van der Waals surface area contributed by atoms with Gasteiger partial charge in [0.1, 0.15) is 0 Å². The molecule has 1 N–H and O–H groups in total. The van der Waals surface area contributed by atoms with Crippen LogP contribution in [-0.2, 0) is 14.8 Å². The molecule has 1 atom stereocenters. The van der Waals surface area contributed by atoms with Gasteiger partial charge in [0.2, 0.25) is 10.0 Å². The summed E-state index contributed by atoms with van der Waals surface area (Å²) in [4.78, 5) is 6.67. The second-order valence-corrected chi connectivity index (χ2v) is 8.76. The first-order valence-electron chi connectivity index (χ1n) is 9.13. The van der Waals surface area contributed by atoms with E-state index in [-0.39, 0.29) is 4.90 Å². The maximum Gasteiger partial charge on any atom is 0.240 e. The van der Waals surface area contributed by atoms with Gasteiger partial charge in [-0.3, -0.25) is 0 Å². The lowest BCUT2D eigenvalue weighted by Crippen LogP contribution is -2.32. The van der Waals surface area contributed by atoms with E-state index in [1.165, 1.54) is 0 Å². The maximum atomic E-state index is 12.9. The van der Waals surface area contributed by atoms with Crippen LogP contribution in [0.15, 0.2) is 33.7 Å². The van der Waals surface area contributed by atoms with Crippen LogP contribution in [0.4, 0.5) is 0 Å². The molecule has 3 rings (SSSR count). The number of sulfonamides is 1. The molecule has 0 bridgehead atoms. The fourth-order valence-corrected chi connectivity index (χ4v) is 4.73.